The Hall–Kier alpha value is -2.35. The SMILES string of the molecule is COC(=O)CC#Cc1cnc2nc[nH]c2c1. The van der Waals surface area contributed by atoms with E-state index in [-0.39, 0.29) is 12.4 Å². The molecule has 0 aromatic carbocycles. The number of fused-ring (bicyclic) bond motifs is 1. The lowest BCUT2D eigenvalue weighted by atomic mass is 10.2. The highest BCUT2D eigenvalue weighted by Gasteiger charge is 1.97. The Labute approximate surface area is 91.9 Å². The van der Waals surface area contributed by atoms with Crippen LogP contribution in [0.5, 0.6) is 0 Å². The van der Waals surface area contributed by atoms with E-state index in [1.54, 1.807) is 12.5 Å². The standard InChI is InChI=1S/C11H9N3O2/c1-16-10(15)4-2-3-8-5-9-11(12-6-8)14-7-13-9/h5-7H,4H2,1H3,(H,12,13,14). The number of carbonyl (C=O) groups is 1. The second-order valence-electron chi connectivity index (χ2n) is 3.05. The maximum absolute atomic E-state index is 10.8. The molecule has 0 bridgehead atoms. The molecule has 0 fully saturated rings. The predicted molar refractivity (Wildman–Crippen MR) is 57.4 cm³/mol. The van der Waals surface area contributed by atoms with Crippen molar-refractivity contribution in [2.75, 3.05) is 7.11 Å². The molecule has 0 amide bonds. The Balaban J connectivity index is 2.17. The second-order valence-corrected chi connectivity index (χ2v) is 3.05. The van der Waals surface area contributed by atoms with Gasteiger partial charge in [0.25, 0.3) is 0 Å². The third-order valence-electron chi connectivity index (χ3n) is 1.97. The maximum Gasteiger partial charge on any atom is 0.317 e. The van der Waals surface area contributed by atoms with Gasteiger partial charge in [0.1, 0.15) is 6.42 Å². The number of esters is 1. The van der Waals surface area contributed by atoms with Crippen LogP contribution < -0.4 is 0 Å². The number of methoxy groups -OCH3 is 1. The van der Waals surface area contributed by atoms with E-state index in [2.05, 4.69) is 31.5 Å². The summed E-state index contributed by atoms with van der Waals surface area (Å²) in [5.74, 6) is 5.20. The molecular formula is C11H9N3O2. The van der Waals surface area contributed by atoms with E-state index in [1.807, 2.05) is 6.07 Å². The Morgan fingerprint density at radius 1 is 1.56 bits per heavy atom. The molecule has 2 aromatic rings. The van der Waals surface area contributed by atoms with Gasteiger partial charge in [-0.3, -0.25) is 4.79 Å². The van der Waals surface area contributed by atoms with Gasteiger partial charge in [0.2, 0.25) is 0 Å². The molecule has 80 valence electrons. The fraction of sp³-hybridized carbons (Fsp3) is 0.182. The number of rotatable bonds is 1. The molecule has 0 saturated carbocycles. The van der Waals surface area contributed by atoms with Crippen LogP contribution in [-0.2, 0) is 9.53 Å². The minimum absolute atomic E-state index is 0.0809. The van der Waals surface area contributed by atoms with Crippen LogP contribution in [0.2, 0.25) is 0 Å². The summed E-state index contributed by atoms with van der Waals surface area (Å²) >= 11 is 0. The first-order valence-electron chi connectivity index (χ1n) is 4.64. The van der Waals surface area contributed by atoms with Gasteiger partial charge in [0.15, 0.2) is 5.65 Å². The normalized spacial score (nSPS) is 9.56. The van der Waals surface area contributed by atoms with Crippen LogP contribution in [-0.4, -0.2) is 28.0 Å². The predicted octanol–water partition coefficient (Wildman–Crippen LogP) is 0.873. The topological polar surface area (TPSA) is 67.9 Å². The zero-order chi connectivity index (χ0) is 11.4. The number of hydrogen-bond acceptors (Lipinski definition) is 4. The third-order valence-corrected chi connectivity index (χ3v) is 1.97. The van der Waals surface area contributed by atoms with Crippen molar-refractivity contribution in [2.45, 2.75) is 6.42 Å². The zero-order valence-electron chi connectivity index (χ0n) is 8.65. The van der Waals surface area contributed by atoms with Crippen molar-refractivity contribution < 1.29 is 9.53 Å². The zero-order valence-corrected chi connectivity index (χ0v) is 8.65. The Bertz CT molecular complexity index is 577. The number of ether oxygens (including phenoxy) is 1. The molecule has 0 aliphatic carbocycles. The van der Waals surface area contributed by atoms with E-state index in [0.29, 0.717) is 5.65 Å². The molecule has 2 aromatic heterocycles. The number of imidazole rings is 1. The molecule has 5 heteroatoms. The Morgan fingerprint density at radius 3 is 3.25 bits per heavy atom. The first-order valence-corrected chi connectivity index (χ1v) is 4.64. The lowest BCUT2D eigenvalue weighted by molar-refractivity contribution is -0.139. The van der Waals surface area contributed by atoms with E-state index >= 15 is 0 Å². The van der Waals surface area contributed by atoms with Gasteiger partial charge >= 0.3 is 5.97 Å². The Kier molecular flexibility index (Phi) is 2.83. The van der Waals surface area contributed by atoms with Crippen molar-refractivity contribution in [3.8, 4) is 11.8 Å². The van der Waals surface area contributed by atoms with Gasteiger partial charge in [-0.05, 0) is 6.07 Å². The number of nitrogens with zero attached hydrogens (tertiary/aromatic N) is 2. The minimum atomic E-state index is -0.344. The van der Waals surface area contributed by atoms with E-state index in [0.717, 1.165) is 11.1 Å². The van der Waals surface area contributed by atoms with Gasteiger partial charge in [-0.15, -0.1) is 0 Å². The van der Waals surface area contributed by atoms with Crippen molar-refractivity contribution >= 4 is 17.1 Å². The summed E-state index contributed by atoms with van der Waals surface area (Å²) in [6.07, 6.45) is 3.27. The smallest absolute Gasteiger partial charge is 0.317 e. The van der Waals surface area contributed by atoms with E-state index in [9.17, 15) is 4.79 Å². The maximum atomic E-state index is 10.8. The van der Waals surface area contributed by atoms with Crippen molar-refractivity contribution in [2.24, 2.45) is 0 Å². The van der Waals surface area contributed by atoms with Gasteiger partial charge in [-0.2, -0.15) is 0 Å². The highest BCUT2D eigenvalue weighted by molar-refractivity contribution is 5.73. The number of aromatic amines is 1. The molecule has 5 nitrogen and oxygen atoms in total. The molecular weight excluding hydrogens is 206 g/mol. The number of nitrogens with one attached hydrogen (secondary N) is 1. The summed E-state index contributed by atoms with van der Waals surface area (Å²) in [5, 5.41) is 0. The molecule has 16 heavy (non-hydrogen) atoms. The summed E-state index contributed by atoms with van der Waals surface area (Å²) < 4.78 is 4.47. The van der Waals surface area contributed by atoms with Crippen molar-refractivity contribution in [3.05, 3.63) is 24.2 Å². The van der Waals surface area contributed by atoms with Crippen molar-refractivity contribution in [3.63, 3.8) is 0 Å². The van der Waals surface area contributed by atoms with E-state index in [1.165, 1.54) is 7.11 Å². The van der Waals surface area contributed by atoms with Crippen LogP contribution in [0.3, 0.4) is 0 Å². The number of carbonyl (C=O) groups excluding carboxylic acids is 1. The van der Waals surface area contributed by atoms with Crippen LogP contribution in [0, 0.1) is 11.8 Å². The first-order chi connectivity index (χ1) is 7.79. The number of H-pyrrole nitrogens is 1. The fourth-order valence-electron chi connectivity index (χ4n) is 1.19. The number of aromatic nitrogens is 3. The van der Waals surface area contributed by atoms with E-state index in [4.69, 9.17) is 0 Å². The molecule has 0 atom stereocenters. The monoisotopic (exact) mass is 215 g/mol. The summed E-state index contributed by atoms with van der Waals surface area (Å²) in [6, 6.07) is 1.83. The molecule has 0 radical (unpaired) electrons. The average Bonchev–Trinajstić information content (AvgIpc) is 2.76. The molecule has 0 unspecified atom stereocenters. The van der Waals surface area contributed by atoms with Gasteiger partial charge in [0, 0.05) is 11.8 Å². The Morgan fingerprint density at radius 2 is 2.44 bits per heavy atom. The van der Waals surface area contributed by atoms with Gasteiger partial charge < -0.3 is 9.72 Å². The van der Waals surface area contributed by atoms with Crippen LogP contribution in [0.15, 0.2) is 18.6 Å². The number of hydrogen-bond donors (Lipinski definition) is 1. The van der Waals surface area contributed by atoms with E-state index < -0.39 is 0 Å². The summed E-state index contributed by atoms with van der Waals surface area (Å²) in [7, 11) is 1.34. The van der Waals surface area contributed by atoms with Crippen LogP contribution in [0.1, 0.15) is 12.0 Å². The fourth-order valence-corrected chi connectivity index (χ4v) is 1.19. The van der Waals surface area contributed by atoms with Gasteiger partial charge in [0.05, 0.1) is 19.0 Å². The minimum Gasteiger partial charge on any atom is -0.468 e. The molecule has 0 spiro atoms. The molecule has 0 aliphatic rings. The molecule has 0 saturated heterocycles. The highest BCUT2D eigenvalue weighted by Crippen LogP contribution is 2.06. The van der Waals surface area contributed by atoms with Gasteiger partial charge in [-0.25, -0.2) is 9.97 Å². The summed E-state index contributed by atoms with van der Waals surface area (Å²) in [5.41, 5.74) is 2.21. The third kappa shape index (κ3) is 2.17. The molecule has 1 N–H and O–H groups in total. The molecule has 2 heterocycles. The average molecular weight is 215 g/mol. The summed E-state index contributed by atoms with van der Waals surface area (Å²) in [6.45, 7) is 0. The lowest BCUT2D eigenvalue weighted by Gasteiger charge is -1.91. The van der Waals surface area contributed by atoms with Crippen LogP contribution in [0.25, 0.3) is 11.2 Å². The first kappa shape index (κ1) is 10.2. The molecule has 0 aliphatic heterocycles. The quantitative estimate of drug-likeness (QED) is 0.566. The highest BCUT2D eigenvalue weighted by atomic mass is 16.5. The van der Waals surface area contributed by atoms with Crippen LogP contribution in [0.4, 0.5) is 0 Å². The lowest BCUT2D eigenvalue weighted by Crippen LogP contribution is -1.97. The largest absolute Gasteiger partial charge is 0.468 e. The van der Waals surface area contributed by atoms with Crippen LogP contribution >= 0.6 is 0 Å². The second kappa shape index (κ2) is 4.45. The van der Waals surface area contributed by atoms with Gasteiger partial charge in [-0.1, -0.05) is 11.8 Å². The van der Waals surface area contributed by atoms with Crippen molar-refractivity contribution in [1.29, 1.82) is 0 Å². The summed E-state index contributed by atoms with van der Waals surface area (Å²) in [4.78, 5) is 21.8. The van der Waals surface area contributed by atoms with Crippen molar-refractivity contribution in [1.82, 2.24) is 15.0 Å². The number of pyridine rings is 1. The molecule has 2 rings (SSSR count).